The summed E-state index contributed by atoms with van der Waals surface area (Å²) in [4.78, 5) is 12.4. The first-order chi connectivity index (χ1) is 10.1. The second-order valence-electron chi connectivity index (χ2n) is 4.79. The van der Waals surface area contributed by atoms with E-state index >= 15 is 0 Å². The number of benzene rings is 2. The van der Waals surface area contributed by atoms with Crippen LogP contribution < -0.4 is 11.1 Å². The van der Waals surface area contributed by atoms with E-state index in [4.69, 9.17) is 18.0 Å². The molecule has 3 nitrogen and oxygen atoms in total. The fourth-order valence-corrected chi connectivity index (χ4v) is 2.10. The summed E-state index contributed by atoms with van der Waals surface area (Å²) in [5.74, 6) is -0.0731. The normalized spacial score (nSPS) is 10.1. The van der Waals surface area contributed by atoms with Crippen LogP contribution in [0, 0.1) is 0 Å². The van der Waals surface area contributed by atoms with Crippen LogP contribution >= 0.6 is 12.2 Å². The zero-order valence-corrected chi connectivity index (χ0v) is 12.7. The van der Waals surface area contributed by atoms with Gasteiger partial charge in [0.15, 0.2) is 0 Å². The molecular formula is C17H18N2OS. The van der Waals surface area contributed by atoms with Crippen molar-refractivity contribution in [2.45, 2.75) is 19.9 Å². The van der Waals surface area contributed by atoms with Crippen molar-refractivity contribution in [3.8, 4) is 0 Å². The molecule has 0 fully saturated rings. The Morgan fingerprint density at radius 2 is 1.52 bits per heavy atom. The van der Waals surface area contributed by atoms with Gasteiger partial charge in [-0.25, -0.2) is 0 Å². The largest absolute Gasteiger partial charge is 0.389 e. The molecule has 0 aliphatic rings. The fourth-order valence-electron chi connectivity index (χ4n) is 1.96. The standard InChI is InChI=1S/C17H18N2OS/c1-2-12-3-9-15(10-4-12)17(20)19-11-13-5-7-14(8-6-13)16(18)21/h3-10H,2,11H2,1H3,(H2,18,21)(H,19,20). The Morgan fingerprint density at radius 3 is 2.05 bits per heavy atom. The number of carbonyl (C=O) groups is 1. The van der Waals surface area contributed by atoms with E-state index in [0.29, 0.717) is 17.1 Å². The second kappa shape index (κ2) is 6.99. The molecule has 0 atom stereocenters. The Bertz CT molecular complexity index is 633. The summed E-state index contributed by atoms with van der Waals surface area (Å²) in [5, 5.41) is 2.90. The number of nitrogens with two attached hydrogens (primary N) is 1. The number of hydrogen-bond donors (Lipinski definition) is 2. The first-order valence-electron chi connectivity index (χ1n) is 6.86. The van der Waals surface area contributed by atoms with Gasteiger partial charge in [0.25, 0.3) is 5.91 Å². The summed E-state index contributed by atoms with van der Waals surface area (Å²) >= 11 is 4.90. The molecule has 0 saturated carbocycles. The molecule has 0 aliphatic heterocycles. The first-order valence-corrected chi connectivity index (χ1v) is 7.27. The number of carbonyl (C=O) groups excluding carboxylic acids is 1. The summed E-state index contributed by atoms with van der Waals surface area (Å²) in [6.07, 6.45) is 0.969. The van der Waals surface area contributed by atoms with Crippen LogP contribution in [-0.4, -0.2) is 10.9 Å². The van der Waals surface area contributed by atoms with Gasteiger partial charge < -0.3 is 11.1 Å². The average Bonchev–Trinajstić information content (AvgIpc) is 2.53. The average molecular weight is 298 g/mol. The molecule has 4 heteroatoms. The third-order valence-corrected chi connectivity index (χ3v) is 3.55. The Kier molecular flexibility index (Phi) is 5.06. The van der Waals surface area contributed by atoms with Gasteiger partial charge in [-0.2, -0.15) is 0 Å². The van der Waals surface area contributed by atoms with E-state index in [9.17, 15) is 4.79 Å². The molecule has 0 saturated heterocycles. The maximum atomic E-state index is 12.0. The number of amides is 1. The summed E-state index contributed by atoms with van der Waals surface area (Å²) < 4.78 is 0. The van der Waals surface area contributed by atoms with Crippen LogP contribution in [0.3, 0.4) is 0 Å². The monoisotopic (exact) mass is 298 g/mol. The molecule has 0 bridgehead atoms. The summed E-state index contributed by atoms with van der Waals surface area (Å²) in [5.41, 5.74) is 9.28. The molecular weight excluding hydrogens is 280 g/mol. The van der Waals surface area contributed by atoms with Crippen molar-refractivity contribution < 1.29 is 4.79 Å². The molecule has 0 aromatic heterocycles. The second-order valence-corrected chi connectivity index (χ2v) is 5.23. The van der Waals surface area contributed by atoms with E-state index in [1.165, 1.54) is 5.56 Å². The van der Waals surface area contributed by atoms with Gasteiger partial charge in [0, 0.05) is 17.7 Å². The minimum Gasteiger partial charge on any atom is -0.389 e. The topological polar surface area (TPSA) is 55.1 Å². The maximum Gasteiger partial charge on any atom is 0.251 e. The van der Waals surface area contributed by atoms with E-state index in [1.807, 2.05) is 48.5 Å². The summed E-state index contributed by atoms with van der Waals surface area (Å²) in [6, 6.07) is 15.2. The van der Waals surface area contributed by atoms with Crippen LogP contribution in [0.25, 0.3) is 0 Å². The van der Waals surface area contributed by atoms with Crippen molar-refractivity contribution in [2.75, 3.05) is 0 Å². The van der Waals surface area contributed by atoms with E-state index in [-0.39, 0.29) is 5.91 Å². The van der Waals surface area contributed by atoms with E-state index < -0.39 is 0 Å². The van der Waals surface area contributed by atoms with Crippen LogP contribution in [0.2, 0.25) is 0 Å². The third kappa shape index (κ3) is 4.13. The number of thiocarbonyl (C=S) groups is 1. The Morgan fingerprint density at radius 1 is 1.00 bits per heavy atom. The highest BCUT2D eigenvalue weighted by atomic mass is 32.1. The molecule has 21 heavy (non-hydrogen) atoms. The molecule has 0 spiro atoms. The SMILES string of the molecule is CCc1ccc(C(=O)NCc2ccc(C(N)=S)cc2)cc1. The van der Waals surface area contributed by atoms with E-state index in [1.54, 1.807) is 0 Å². The van der Waals surface area contributed by atoms with Gasteiger partial charge in [-0.3, -0.25) is 4.79 Å². The van der Waals surface area contributed by atoms with Gasteiger partial charge in [-0.15, -0.1) is 0 Å². The zero-order valence-electron chi connectivity index (χ0n) is 11.9. The maximum absolute atomic E-state index is 12.0. The van der Waals surface area contributed by atoms with Crippen LogP contribution in [0.4, 0.5) is 0 Å². The molecule has 0 radical (unpaired) electrons. The first kappa shape index (κ1) is 15.2. The van der Waals surface area contributed by atoms with Gasteiger partial charge in [-0.1, -0.05) is 55.5 Å². The molecule has 0 heterocycles. The van der Waals surface area contributed by atoms with Crippen molar-refractivity contribution in [1.29, 1.82) is 0 Å². The molecule has 2 aromatic carbocycles. The lowest BCUT2D eigenvalue weighted by Crippen LogP contribution is -2.22. The molecule has 3 N–H and O–H groups in total. The molecule has 0 unspecified atom stereocenters. The Labute approximate surface area is 130 Å². The highest BCUT2D eigenvalue weighted by molar-refractivity contribution is 7.80. The predicted molar refractivity (Wildman–Crippen MR) is 89.3 cm³/mol. The van der Waals surface area contributed by atoms with Crippen molar-refractivity contribution in [1.82, 2.24) is 5.32 Å². The van der Waals surface area contributed by atoms with E-state index in [2.05, 4.69) is 12.2 Å². The van der Waals surface area contributed by atoms with Crippen LogP contribution in [0.15, 0.2) is 48.5 Å². The molecule has 0 aliphatic carbocycles. The van der Waals surface area contributed by atoms with Gasteiger partial charge >= 0.3 is 0 Å². The quantitative estimate of drug-likeness (QED) is 0.835. The number of aryl methyl sites for hydroxylation is 1. The molecule has 2 rings (SSSR count). The van der Waals surface area contributed by atoms with Crippen LogP contribution in [-0.2, 0) is 13.0 Å². The van der Waals surface area contributed by atoms with Crippen LogP contribution in [0.1, 0.15) is 34.0 Å². The third-order valence-electron chi connectivity index (χ3n) is 3.32. The fraction of sp³-hybridized carbons (Fsp3) is 0.176. The van der Waals surface area contributed by atoms with E-state index in [0.717, 1.165) is 17.5 Å². The zero-order chi connectivity index (χ0) is 15.2. The minimum absolute atomic E-state index is 0.0731. The van der Waals surface area contributed by atoms with Crippen molar-refractivity contribution in [3.05, 3.63) is 70.8 Å². The lowest BCUT2D eigenvalue weighted by atomic mass is 10.1. The molecule has 1 amide bonds. The lowest BCUT2D eigenvalue weighted by molar-refractivity contribution is 0.0951. The van der Waals surface area contributed by atoms with Gasteiger partial charge in [0.2, 0.25) is 0 Å². The van der Waals surface area contributed by atoms with Crippen molar-refractivity contribution in [3.63, 3.8) is 0 Å². The smallest absolute Gasteiger partial charge is 0.251 e. The Hall–Kier alpha value is -2.20. The van der Waals surface area contributed by atoms with Crippen molar-refractivity contribution in [2.24, 2.45) is 5.73 Å². The van der Waals surface area contributed by atoms with Crippen LogP contribution in [0.5, 0.6) is 0 Å². The van der Waals surface area contributed by atoms with Gasteiger partial charge in [0.05, 0.1) is 0 Å². The predicted octanol–water partition coefficient (Wildman–Crippen LogP) is 2.81. The highest BCUT2D eigenvalue weighted by Gasteiger charge is 2.05. The molecule has 2 aromatic rings. The van der Waals surface area contributed by atoms with Crippen molar-refractivity contribution >= 4 is 23.1 Å². The highest BCUT2D eigenvalue weighted by Crippen LogP contribution is 2.07. The number of rotatable bonds is 5. The molecule has 108 valence electrons. The lowest BCUT2D eigenvalue weighted by Gasteiger charge is -2.07. The summed E-state index contributed by atoms with van der Waals surface area (Å²) in [6.45, 7) is 2.57. The van der Waals surface area contributed by atoms with Gasteiger partial charge in [0.1, 0.15) is 4.99 Å². The number of nitrogens with one attached hydrogen (secondary N) is 1. The van der Waals surface area contributed by atoms with Gasteiger partial charge in [-0.05, 0) is 29.7 Å². The Balaban J connectivity index is 1.95. The minimum atomic E-state index is -0.0731. The number of hydrogen-bond acceptors (Lipinski definition) is 2. The summed E-state index contributed by atoms with van der Waals surface area (Å²) in [7, 11) is 0.